The van der Waals surface area contributed by atoms with Crippen molar-refractivity contribution in [3.8, 4) is 0 Å². The number of carbonyl (C=O) groups is 2. The highest BCUT2D eigenvalue weighted by Crippen LogP contribution is 2.06. The van der Waals surface area contributed by atoms with Gasteiger partial charge in [0.15, 0.2) is 0 Å². The molecule has 1 radical (unpaired) electrons. The average Bonchev–Trinajstić information content (AvgIpc) is 2.14. The van der Waals surface area contributed by atoms with Crippen molar-refractivity contribution in [1.82, 2.24) is 11.1 Å². The van der Waals surface area contributed by atoms with E-state index in [1.165, 1.54) is 0 Å². The molecule has 0 heterocycles. The molecule has 1 amide bonds. The highest BCUT2D eigenvalue weighted by atomic mass is 16.6. The minimum atomic E-state index is -0.637. The van der Waals surface area contributed by atoms with Gasteiger partial charge in [-0.1, -0.05) is 0 Å². The summed E-state index contributed by atoms with van der Waals surface area (Å²) in [4.78, 5) is 21.3. The van der Waals surface area contributed by atoms with Gasteiger partial charge in [0.05, 0.1) is 6.04 Å². The Morgan fingerprint density at radius 2 is 2.06 bits per heavy atom. The number of amides is 1. The Morgan fingerprint density at radius 3 is 2.56 bits per heavy atom. The van der Waals surface area contributed by atoms with Crippen molar-refractivity contribution in [3.63, 3.8) is 0 Å². The molecule has 0 aromatic rings. The third kappa shape index (κ3) is 9.45. The molecule has 5 nitrogen and oxygen atoms in total. The van der Waals surface area contributed by atoms with E-state index in [1.54, 1.807) is 20.8 Å². The highest BCUT2D eigenvalue weighted by Gasteiger charge is 2.15. The highest BCUT2D eigenvalue weighted by molar-refractivity contribution is 5.67. The van der Waals surface area contributed by atoms with E-state index in [4.69, 9.17) is 10.5 Å². The van der Waals surface area contributed by atoms with E-state index in [0.29, 0.717) is 19.3 Å². The number of carbonyl (C=O) groups excluding carboxylic acids is 2. The van der Waals surface area contributed by atoms with E-state index < -0.39 is 17.7 Å². The summed E-state index contributed by atoms with van der Waals surface area (Å²) in [5, 5.41) is 2.62. The maximum atomic E-state index is 11.2. The molecule has 0 fully saturated rings. The smallest absolute Gasteiger partial charge is 0.407 e. The van der Waals surface area contributed by atoms with Crippen molar-refractivity contribution in [2.45, 2.75) is 51.7 Å². The van der Waals surface area contributed by atoms with Crippen LogP contribution in [-0.4, -0.2) is 30.6 Å². The Kier molecular flexibility index (Phi) is 6.72. The van der Waals surface area contributed by atoms with E-state index in [1.807, 2.05) is 0 Å². The number of nitrogens with one attached hydrogen (secondary N) is 2. The lowest BCUT2D eigenvalue weighted by molar-refractivity contribution is -0.109. The fraction of sp³-hybridized carbons (Fsp3) is 0.818. The fourth-order valence-electron chi connectivity index (χ4n) is 1.06. The Bertz CT molecular complexity index is 224. The summed E-state index contributed by atoms with van der Waals surface area (Å²) in [5.74, 6) is 0. The van der Waals surface area contributed by atoms with Crippen LogP contribution in [0.15, 0.2) is 0 Å². The molecule has 0 saturated carbocycles. The maximum absolute atomic E-state index is 11.2. The Hall–Kier alpha value is -1.10. The summed E-state index contributed by atoms with van der Waals surface area (Å²) < 4.78 is 5.04. The third-order valence-electron chi connectivity index (χ3n) is 1.77. The molecular formula is C11H21N2O3. The molecule has 1 unspecified atom stereocenters. The van der Waals surface area contributed by atoms with Crippen LogP contribution < -0.4 is 11.1 Å². The van der Waals surface area contributed by atoms with Gasteiger partial charge >= 0.3 is 6.09 Å². The number of alkyl carbamates (subject to hydrolysis) is 1. The number of aldehydes is 1. The number of rotatable bonds is 6. The molecule has 0 rings (SSSR count). The Labute approximate surface area is 96.7 Å². The lowest BCUT2D eigenvalue weighted by Crippen LogP contribution is -2.33. The molecule has 0 aliphatic rings. The van der Waals surface area contributed by atoms with Gasteiger partial charge in [-0.25, -0.2) is 10.5 Å². The molecule has 0 saturated heterocycles. The van der Waals surface area contributed by atoms with E-state index >= 15 is 0 Å². The van der Waals surface area contributed by atoms with Gasteiger partial charge in [0.2, 0.25) is 0 Å². The molecule has 0 bridgehead atoms. The predicted octanol–water partition coefficient (Wildman–Crippen LogP) is 1.53. The van der Waals surface area contributed by atoms with E-state index in [-0.39, 0.29) is 0 Å². The van der Waals surface area contributed by atoms with E-state index in [0.717, 1.165) is 12.8 Å². The van der Waals surface area contributed by atoms with Gasteiger partial charge in [0.25, 0.3) is 0 Å². The maximum Gasteiger partial charge on any atom is 0.407 e. The zero-order valence-corrected chi connectivity index (χ0v) is 10.2. The first-order chi connectivity index (χ1) is 7.35. The molecule has 2 N–H and O–H groups in total. The zero-order chi connectivity index (χ0) is 12.6. The number of hydrogen-bond acceptors (Lipinski definition) is 3. The average molecular weight is 229 g/mol. The second-order valence-corrected chi connectivity index (χ2v) is 4.67. The first kappa shape index (κ1) is 14.9. The van der Waals surface area contributed by atoms with Gasteiger partial charge < -0.3 is 14.8 Å². The van der Waals surface area contributed by atoms with Crippen molar-refractivity contribution >= 4 is 12.4 Å². The van der Waals surface area contributed by atoms with Crippen LogP contribution in [0.1, 0.15) is 40.0 Å². The molecule has 0 spiro atoms. The quantitative estimate of drug-likeness (QED) is 0.554. The molecule has 0 aliphatic heterocycles. The summed E-state index contributed by atoms with van der Waals surface area (Å²) in [7, 11) is 0. The van der Waals surface area contributed by atoms with Crippen LogP contribution in [0.25, 0.3) is 0 Å². The normalized spacial score (nSPS) is 13.0. The monoisotopic (exact) mass is 229 g/mol. The SMILES string of the molecule is CC(C)(C)OC(=O)NCCCCC([NH])C=O. The summed E-state index contributed by atoms with van der Waals surface area (Å²) in [6, 6.07) is -0.637. The molecule has 1 atom stereocenters. The second kappa shape index (κ2) is 7.22. The fourth-order valence-corrected chi connectivity index (χ4v) is 1.06. The largest absolute Gasteiger partial charge is 0.444 e. The van der Waals surface area contributed by atoms with Crippen LogP contribution in [0.3, 0.4) is 0 Å². The lowest BCUT2D eigenvalue weighted by Gasteiger charge is -2.19. The van der Waals surface area contributed by atoms with Crippen LogP contribution >= 0.6 is 0 Å². The molecule has 16 heavy (non-hydrogen) atoms. The predicted molar refractivity (Wildman–Crippen MR) is 61.0 cm³/mol. The van der Waals surface area contributed by atoms with Gasteiger partial charge in [-0.05, 0) is 40.0 Å². The second-order valence-electron chi connectivity index (χ2n) is 4.67. The number of unbranched alkanes of at least 4 members (excludes halogenated alkanes) is 1. The van der Waals surface area contributed by atoms with E-state index in [9.17, 15) is 9.59 Å². The number of hydrogen-bond donors (Lipinski definition) is 1. The van der Waals surface area contributed by atoms with Crippen LogP contribution in [-0.2, 0) is 9.53 Å². The van der Waals surface area contributed by atoms with Gasteiger partial charge in [0.1, 0.15) is 11.9 Å². The molecule has 5 heteroatoms. The summed E-state index contributed by atoms with van der Waals surface area (Å²) in [6.45, 7) is 5.94. The van der Waals surface area contributed by atoms with Crippen molar-refractivity contribution < 1.29 is 14.3 Å². The third-order valence-corrected chi connectivity index (χ3v) is 1.77. The standard InChI is InChI=1S/C11H21N2O3/c1-11(2,3)16-10(15)13-7-5-4-6-9(12)8-14/h8-9,12H,4-7H2,1-3H3,(H,13,15). The zero-order valence-electron chi connectivity index (χ0n) is 10.2. The summed E-state index contributed by atoms with van der Waals surface area (Å²) >= 11 is 0. The van der Waals surface area contributed by atoms with Crippen LogP contribution in [0, 0.1) is 0 Å². The first-order valence-electron chi connectivity index (χ1n) is 5.48. The van der Waals surface area contributed by atoms with Crippen LogP contribution in [0.2, 0.25) is 0 Å². The minimum Gasteiger partial charge on any atom is -0.444 e. The van der Waals surface area contributed by atoms with Crippen molar-refractivity contribution in [2.75, 3.05) is 6.54 Å². The molecular weight excluding hydrogens is 208 g/mol. The molecule has 0 aromatic heterocycles. The Morgan fingerprint density at radius 1 is 1.44 bits per heavy atom. The molecule has 0 aliphatic carbocycles. The van der Waals surface area contributed by atoms with Crippen molar-refractivity contribution in [1.29, 1.82) is 0 Å². The molecule has 0 aromatic carbocycles. The lowest BCUT2D eigenvalue weighted by atomic mass is 10.1. The summed E-state index contributed by atoms with van der Waals surface area (Å²) in [6.07, 6.45) is 2.25. The Balaban J connectivity index is 3.45. The van der Waals surface area contributed by atoms with E-state index in [2.05, 4.69) is 5.32 Å². The van der Waals surface area contributed by atoms with Gasteiger partial charge in [-0.3, -0.25) is 0 Å². The van der Waals surface area contributed by atoms with Crippen LogP contribution in [0.4, 0.5) is 4.79 Å². The summed E-state index contributed by atoms with van der Waals surface area (Å²) in [5.41, 5.74) is 6.70. The number of ether oxygens (including phenoxy) is 1. The topological polar surface area (TPSA) is 79.2 Å². The first-order valence-corrected chi connectivity index (χ1v) is 5.48. The minimum absolute atomic E-state index is 0.426. The van der Waals surface area contributed by atoms with Crippen molar-refractivity contribution in [3.05, 3.63) is 0 Å². The van der Waals surface area contributed by atoms with Crippen molar-refractivity contribution in [2.24, 2.45) is 0 Å². The van der Waals surface area contributed by atoms with Gasteiger partial charge in [-0.2, -0.15) is 0 Å². The van der Waals surface area contributed by atoms with Gasteiger partial charge in [-0.15, -0.1) is 0 Å². The van der Waals surface area contributed by atoms with Crippen LogP contribution in [0.5, 0.6) is 0 Å². The van der Waals surface area contributed by atoms with Gasteiger partial charge in [0, 0.05) is 6.54 Å². The molecule has 93 valence electrons.